The van der Waals surface area contributed by atoms with Crippen molar-refractivity contribution in [2.75, 3.05) is 12.4 Å². The van der Waals surface area contributed by atoms with E-state index in [9.17, 15) is 9.18 Å². The number of carbonyl (C=O) groups is 1. The van der Waals surface area contributed by atoms with Gasteiger partial charge in [0.25, 0.3) is 0 Å². The molecule has 3 rings (SSSR count). The molecule has 1 aromatic heterocycles. The van der Waals surface area contributed by atoms with E-state index in [0.29, 0.717) is 22.7 Å². The summed E-state index contributed by atoms with van der Waals surface area (Å²) in [6.45, 7) is 0. The van der Waals surface area contributed by atoms with Crippen molar-refractivity contribution in [3.63, 3.8) is 0 Å². The molecule has 25 heavy (non-hydrogen) atoms. The van der Waals surface area contributed by atoms with Gasteiger partial charge in [0.05, 0.1) is 12.8 Å². The molecule has 1 heterocycles. The molecule has 0 saturated carbocycles. The Bertz CT molecular complexity index is 834. The number of anilines is 1. The molecule has 0 spiro atoms. The van der Waals surface area contributed by atoms with E-state index in [0.717, 1.165) is 0 Å². The number of hydrogen-bond acceptors (Lipinski definition) is 3. The maximum Gasteiger partial charge on any atom is 0.237 e. The molecule has 126 valence electrons. The summed E-state index contributed by atoms with van der Waals surface area (Å²) < 4.78 is 18.4. The number of amides is 1. The second kappa shape index (κ2) is 7.57. The highest BCUT2D eigenvalue weighted by Gasteiger charge is 2.24. The highest BCUT2D eigenvalue weighted by molar-refractivity contribution is 5.97. The van der Waals surface area contributed by atoms with E-state index >= 15 is 0 Å². The highest BCUT2D eigenvalue weighted by atomic mass is 19.1. The molecule has 1 atom stereocenters. The Balaban J connectivity index is 1.90. The summed E-state index contributed by atoms with van der Waals surface area (Å²) in [5.74, 6) is -0.517. The van der Waals surface area contributed by atoms with Crippen LogP contribution in [-0.4, -0.2) is 18.0 Å². The molecule has 0 aliphatic heterocycles. The Hall–Kier alpha value is -3.21. The first-order chi connectivity index (χ1) is 12.2. The number of rotatable bonds is 5. The van der Waals surface area contributed by atoms with E-state index in [-0.39, 0.29) is 11.7 Å². The van der Waals surface area contributed by atoms with Gasteiger partial charge in [-0.2, -0.15) is 0 Å². The van der Waals surface area contributed by atoms with Gasteiger partial charge in [-0.1, -0.05) is 18.2 Å². The number of carbonyl (C=O) groups excluding carboxylic acids is 1. The minimum atomic E-state index is -0.635. The van der Waals surface area contributed by atoms with E-state index < -0.39 is 5.92 Å². The highest BCUT2D eigenvalue weighted by Crippen LogP contribution is 2.25. The van der Waals surface area contributed by atoms with E-state index in [1.54, 1.807) is 61.8 Å². The van der Waals surface area contributed by atoms with Crippen molar-refractivity contribution in [2.45, 2.75) is 5.92 Å². The lowest BCUT2D eigenvalue weighted by atomic mass is 9.94. The Morgan fingerprint density at radius 2 is 1.76 bits per heavy atom. The van der Waals surface area contributed by atoms with Crippen LogP contribution < -0.4 is 10.1 Å². The summed E-state index contributed by atoms with van der Waals surface area (Å²) in [6.07, 6.45) is 1.63. The summed E-state index contributed by atoms with van der Waals surface area (Å²) in [5.41, 5.74) is 1.92. The zero-order valence-electron chi connectivity index (χ0n) is 13.6. The first-order valence-electron chi connectivity index (χ1n) is 7.78. The molecular formula is C20H17FN2O2. The van der Waals surface area contributed by atoms with Gasteiger partial charge in [-0.05, 0) is 54.1 Å². The molecule has 0 fully saturated rings. The van der Waals surface area contributed by atoms with Crippen molar-refractivity contribution >= 4 is 11.6 Å². The minimum Gasteiger partial charge on any atom is -0.497 e. The summed E-state index contributed by atoms with van der Waals surface area (Å²) in [4.78, 5) is 17.2. The van der Waals surface area contributed by atoms with Crippen LogP contribution in [0, 0.1) is 5.82 Å². The SMILES string of the molecule is COc1ccc(NC(=O)C(c2ccc(F)cc2)c2ccccn2)cc1. The normalized spacial score (nSPS) is 11.6. The van der Waals surface area contributed by atoms with Crippen LogP contribution in [0.5, 0.6) is 5.75 Å². The third kappa shape index (κ3) is 4.01. The Labute approximate surface area is 145 Å². The molecule has 3 aromatic rings. The molecule has 0 radical (unpaired) electrons. The van der Waals surface area contributed by atoms with E-state index in [2.05, 4.69) is 10.3 Å². The number of ether oxygens (including phenoxy) is 1. The van der Waals surface area contributed by atoms with Gasteiger partial charge in [0, 0.05) is 11.9 Å². The second-order valence-electron chi connectivity index (χ2n) is 5.46. The van der Waals surface area contributed by atoms with Crippen LogP contribution in [0.15, 0.2) is 72.9 Å². The van der Waals surface area contributed by atoms with Crippen molar-refractivity contribution in [2.24, 2.45) is 0 Å². The van der Waals surface area contributed by atoms with Gasteiger partial charge >= 0.3 is 0 Å². The van der Waals surface area contributed by atoms with Crippen molar-refractivity contribution in [1.82, 2.24) is 4.98 Å². The second-order valence-corrected chi connectivity index (χ2v) is 5.46. The van der Waals surface area contributed by atoms with Gasteiger partial charge < -0.3 is 10.1 Å². The number of nitrogens with zero attached hydrogens (tertiary/aromatic N) is 1. The molecule has 4 nitrogen and oxygen atoms in total. The molecule has 1 unspecified atom stereocenters. The van der Waals surface area contributed by atoms with E-state index in [4.69, 9.17) is 4.74 Å². The number of methoxy groups -OCH3 is 1. The van der Waals surface area contributed by atoms with Crippen LogP contribution in [0.2, 0.25) is 0 Å². The van der Waals surface area contributed by atoms with E-state index in [1.807, 2.05) is 6.07 Å². The predicted molar refractivity (Wildman–Crippen MR) is 94.1 cm³/mol. The molecule has 0 aliphatic rings. The molecule has 2 aromatic carbocycles. The van der Waals surface area contributed by atoms with Crippen LogP contribution in [0.25, 0.3) is 0 Å². The maximum atomic E-state index is 13.2. The summed E-state index contributed by atoms with van der Waals surface area (Å²) in [7, 11) is 1.58. The van der Waals surface area contributed by atoms with Crippen LogP contribution in [0.1, 0.15) is 17.2 Å². The van der Waals surface area contributed by atoms with Gasteiger partial charge in [-0.15, -0.1) is 0 Å². The molecule has 0 aliphatic carbocycles. The van der Waals surface area contributed by atoms with E-state index in [1.165, 1.54) is 12.1 Å². The van der Waals surface area contributed by atoms with Crippen LogP contribution in [0.4, 0.5) is 10.1 Å². The molecule has 1 N–H and O–H groups in total. The number of halogens is 1. The molecule has 1 amide bonds. The van der Waals surface area contributed by atoms with Gasteiger partial charge in [0.1, 0.15) is 17.5 Å². The Morgan fingerprint density at radius 3 is 2.36 bits per heavy atom. The monoisotopic (exact) mass is 336 g/mol. The molecule has 0 saturated heterocycles. The summed E-state index contributed by atoms with van der Waals surface area (Å²) >= 11 is 0. The lowest BCUT2D eigenvalue weighted by molar-refractivity contribution is -0.116. The van der Waals surface area contributed by atoms with Gasteiger partial charge in [-0.3, -0.25) is 9.78 Å². The predicted octanol–water partition coefficient (Wildman–Crippen LogP) is 4.00. The minimum absolute atomic E-state index is 0.240. The third-order valence-electron chi connectivity index (χ3n) is 3.81. The molecular weight excluding hydrogens is 319 g/mol. The lowest BCUT2D eigenvalue weighted by Gasteiger charge is -2.17. The number of hydrogen-bond donors (Lipinski definition) is 1. The average Bonchev–Trinajstić information content (AvgIpc) is 2.65. The number of nitrogens with one attached hydrogen (secondary N) is 1. The van der Waals surface area contributed by atoms with Crippen LogP contribution in [-0.2, 0) is 4.79 Å². The van der Waals surface area contributed by atoms with Gasteiger partial charge in [0.15, 0.2) is 0 Å². The van der Waals surface area contributed by atoms with Gasteiger partial charge in [-0.25, -0.2) is 4.39 Å². The summed E-state index contributed by atoms with van der Waals surface area (Å²) in [6, 6.07) is 18.3. The molecule has 0 bridgehead atoms. The van der Waals surface area contributed by atoms with Crippen molar-refractivity contribution in [1.29, 1.82) is 0 Å². The fraction of sp³-hybridized carbons (Fsp3) is 0.100. The number of pyridine rings is 1. The van der Waals surface area contributed by atoms with Gasteiger partial charge in [0.2, 0.25) is 5.91 Å². The first kappa shape index (κ1) is 16.6. The standard InChI is InChI=1S/C20H17FN2O2/c1-25-17-11-9-16(10-12-17)23-20(24)19(18-4-2-3-13-22-18)14-5-7-15(21)8-6-14/h2-13,19H,1H3,(H,23,24). The van der Waals surface area contributed by atoms with Crippen molar-refractivity contribution in [3.8, 4) is 5.75 Å². The topological polar surface area (TPSA) is 51.2 Å². The lowest BCUT2D eigenvalue weighted by Crippen LogP contribution is -2.23. The zero-order valence-corrected chi connectivity index (χ0v) is 13.6. The van der Waals surface area contributed by atoms with Crippen molar-refractivity contribution in [3.05, 3.63) is 90.0 Å². The Kier molecular flexibility index (Phi) is 5.04. The quantitative estimate of drug-likeness (QED) is 0.766. The molecule has 5 heteroatoms. The number of benzene rings is 2. The smallest absolute Gasteiger partial charge is 0.237 e. The number of aromatic nitrogens is 1. The maximum absolute atomic E-state index is 13.2. The van der Waals surface area contributed by atoms with Crippen LogP contribution >= 0.6 is 0 Å². The third-order valence-corrected chi connectivity index (χ3v) is 3.81. The fourth-order valence-corrected chi connectivity index (χ4v) is 2.55. The average molecular weight is 336 g/mol. The summed E-state index contributed by atoms with van der Waals surface area (Å²) in [5, 5.41) is 2.88. The van der Waals surface area contributed by atoms with Crippen molar-refractivity contribution < 1.29 is 13.9 Å². The van der Waals surface area contributed by atoms with Crippen LogP contribution in [0.3, 0.4) is 0 Å². The zero-order chi connectivity index (χ0) is 17.6. The Morgan fingerprint density at radius 1 is 1.04 bits per heavy atom. The fourth-order valence-electron chi connectivity index (χ4n) is 2.55. The largest absolute Gasteiger partial charge is 0.497 e. The first-order valence-corrected chi connectivity index (χ1v) is 7.78.